The van der Waals surface area contributed by atoms with Gasteiger partial charge in [-0.1, -0.05) is 19.4 Å². The molecule has 0 aliphatic rings. The molecule has 0 saturated heterocycles. The van der Waals surface area contributed by atoms with Crippen LogP contribution in [0.2, 0.25) is 0 Å². The lowest BCUT2D eigenvalue weighted by Crippen LogP contribution is -2.52. The molecule has 0 radical (unpaired) electrons. The predicted molar refractivity (Wildman–Crippen MR) is 62.3 cm³/mol. The zero-order valence-corrected chi connectivity index (χ0v) is 9.81. The number of pyridine rings is 1. The maximum atomic E-state index is 11.3. The minimum Gasteiger partial charge on any atom is -0.480 e. The van der Waals surface area contributed by atoms with E-state index in [4.69, 9.17) is 17.3 Å². The molecule has 0 aromatic carbocycles. The van der Waals surface area contributed by atoms with Gasteiger partial charge in [0.1, 0.15) is 0 Å². The summed E-state index contributed by atoms with van der Waals surface area (Å²) in [5.74, 6) is -1.15. The van der Waals surface area contributed by atoms with Gasteiger partial charge in [-0.2, -0.15) is 0 Å². The second-order valence-electron chi connectivity index (χ2n) is 3.65. The second-order valence-corrected chi connectivity index (χ2v) is 4.17. The molecule has 4 nitrogen and oxygen atoms in total. The summed E-state index contributed by atoms with van der Waals surface area (Å²) in [4.78, 5) is 15.3. The van der Waals surface area contributed by atoms with Crippen LogP contribution in [0.1, 0.15) is 25.5 Å². The van der Waals surface area contributed by atoms with E-state index in [-0.39, 0.29) is 5.69 Å². The first-order valence-corrected chi connectivity index (χ1v) is 5.55. The third kappa shape index (κ3) is 2.33. The van der Waals surface area contributed by atoms with Crippen LogP contribution in [-0.2, 0) is 10.3 Å². The highest BCUT2D eigenvalue weighted by molar-refractivity contribution is 6.23. The molecular weight excluding hydrogens is 228 g/mol. The third-order valence-electron chi connectivity index (χ3n) is 2.48. The van der Waals surface area contributed by atoms with E-state index in [0.29, 0.717) is 6.42 Å². The summed E-state index contributed by atoms with van der Waals surface area (Å²) in [6.07, 6.45) is 2.81. The standard InChI is InChI=1S/C11H15ClN2O2/c1-2-5-8(12)11(13,10(15)16)9-6-3-4-7-14-9/h3-4,6-8H,2,5,13H2,1H3,(H,15,16). The Bertz CT molecular complexity index is 358. The molecule has 0 aliphatic heterocycles. The van der Waals surface area contributed by atoms with Gasteiger partial charge in [0.05, 0.1) is 11.1 Å². The predicted octanol–water partition coefficient (Wildman–Crippen LogP) is 1.73. The van der Waals surface area contributed by atoms with Crippen molar-refractivity contribution in [3.05, 3.63) is 30.1 Å². The van der Waals surface area contributed by atoms with Crippen LogP contribution in [0.25, 0.3) is 0 Å². The molecule has 1 rings (SSSR count). The molecule has 0 bridgehead atoms. The first-order valence-electron chi connectivity index (χ1n) is 5.11. The number of hydrogen-bond acceptors (Lipinski definition) is 3. The van der Waals surface area contributed by atoms with Gasteiger partial charge in [0.2, 0.25) is 0 Å². The molecule has 88 valence electrons. The average Bonchev–Trinajstić information content (AvgIpc) is 2.29. The number of nitrogens with zero attached hydrogens (tertiary/aromatic N) is 1. The molecule has 1 heterocycles. The van der Waals surface area contributed by atoms with E-state index in [1.165, 1.54) is 6.20 Å². The molecule has 0 saturated carbocycles. The fourth-order valence-electron chi connectivity index (χ4n) is 1.49. The number of nitrogens with two attached hydrogens (primary N) is 1. The summed E-state index contributed by atoms with van der Waals surface area (Å²) in [7, 11) is 0. The van der Waals surface area contributed by atoms with Gasteiger partial charge in [-0.15, -0.1) is 11.6 Å². The number of rotatable bonds is 5. The van der Waals surface area contributed by atoms with Crippen molar-refractivity contribution in [1.29, 1.82) is 0 Å². The molecule has 0 amide bonds. The van der Waals surface area contributed by atoms with Gasteiger partial charge in [-0.05, 0) is 18.6 Å². The van der Waals surface area contributed by atoms with Gasteiger partial charge in [-0.3, -0.25) is 4.98 Å². The van der Waals surface area contributed by atoms with Gasteiger partial charge in [0, 0.05) is 6.20 Å². The smallest absolute Gasteiger partial charge is 0.331 e. The van der Waals surface area contributed by atoms with E-state index >= 15 is 0 Å². The van der Waals surface area contributed by atoms with E-state index in [9.17, 15) is 9.90 Å². The van der Waals surface area contributed by atoms with E-state index in [1.807, 2.05) is 6.92 Å². The highest BCUT2D eigenvalue weighted by Crippen LogP contribution is 2.28. The normalized spacial score (nSPS) is 16.4. The van der Waals surface area contributed by atoms with Crippen LogP contribution in [0, 0.1) is 0 Å². The lowest BCUT2D eigenvalue weighted by Gasteiger charge is -2.28. The fraction of sp³-hybridized carbons (Fsp3) is 0.455. The van der Waals surface area contributed by atoms with Crippen LogP contribution in [-0.4, -0.2) is 21.4 Å². The van der Waals surface area contributed by atoms with Crippen molar-refractivity contribution in [2.45, 2.75) is 30.7 Å². The number of halogens is 1. The Labute approximate surface area is 99.4 Å². The van der Waals surface area contributed by atoms with Gasteiger partial charge in [0.15, 0.2) is 5.54 Å². The van der Waals surface area contributed by atoms with E-state index < -0.39 is 16.9 Å². The lowest BCUT2D eigenvalue weighted by molar-refractivity contribution is -0.144. The minimum absolute atomic E-state index is 0.288. The molecule has 0 spiro atoms. The zero-order valence-electron chi connectivity index (χ0n) is 9.06. The van der Waals surface area contributed by atoms with Crippen LogP contribution < -0.4 is 5.73 Å². The Kier molecular flexibility index (Phi) is 4.26. The largest absolute Gasteiger partial charge is 0.480 e. The zero-order chi connectivity index (χ0) is 12.2. The maximum Gasteiger partial charge on any atom is 0.331 e. The van der Waals surface area contributed by atoms with Crippen LogP contribution >= 0.6 is 11.6 Å². The number of aliphatic carboxylic acids is 1. The van der Waals surface area contributed by atoms with Crippen molar-refractivity contribution < 1.29 is 9.90 Å². The van der Waals surface area contributed by atoms with Crippen molar-refractivity contribution in [2.24, 2.45) is 5.73 Å². The highest BCUT2D eigenvalue weighted by Gasteiger charge is 2.44. The lowest BCUT2D eigenvalue weighted by atomic mass is 9.89. The van der Waals surface area contributed by atoms with E-state index in [1.54, 1.807) is 18.2 Å². The Morgan fingerprint density at radius 3 is 2.81 bits per heavy atom. The van der Waals surface area contributed by atoms with E-state index in [0.717, 1.165) is 6.42 Å². The molecule has 0 aliphatic carbocycles. The number of carboxylic acids is 1. The summed E-state index contributed by atoms with van der Waals surface area (Å²) in [6, 6.07) is 4.98. The molecule has 1 aromatic heterocycles. The SMILES string of the molecule is CCCC(Cl)C(N)(C(=O)O)c1ccccn1. The monoisotopic (exact) mass is 242 g/mol. The molecule has 2 atom stereocenters. The van der Waals surface area contributed by atoms with Gasteiger partial charge < -0.3 is 10.8 Å². The molecule has 1 aromatic rings. The van der Waals surface area contributed by atoms with Crippen LogP contribution in [0.4, 0.5) is 0 Å². The van der Waals surface area contributed by atoms with Crippen LogP contribution in [0.3, 0.4) is 0 Å². The van der Waals surface area contributed by atoms with Gasteiger partial charge >= 0.3 is 5.97 Å². The van der Waals surface area contributed by atoms with Crippen LogP contribution in [0.5, 0.6) is 0 Å². The quantitative estimate of drug-likeness (QED) is 0.771. The summed E-state index contributed by atoms with van der Waals surface area (Å²) in [6.45, 7) is 1.93. The fourth-order valence-corrected chi connectivity index (χ4v) is 1.92. The Morgan fingerprint density at radius 2 is 2.38 bits per heavy atom. The Hall–Kier alpha value is -1.13. The molecule has 16 heavy (non-hydrogen) atoms. The third-order valence-corrected chi connectivity index (χ3v) is 3.04. The van der Waals surface area contributed by atoms with Crippen LogP contribution in [0.15, 0.2) is 24.4 Å². The Morgan fingerprint density at radius 1 is 1.69 bits per heavy atom. The number of carbonyl (C=O) groups is 1. The van der Waals surface area contributed by atoms with Gasteiger partial charge in [0.25, 0.3) is 0 Å². The molecule has 2 unspecified atom stereocenters. The molecule has 0 fully saturated rings. The number of aromatic nitrogens is 1. The number of alkyl halides is 1. The first-order chi connectivity index (χ1) is 7.53. The number of carboxylic acid groups (broad SMARTS) is 1. The van der Waals surface area contributed by atoms with Gasteiger partial charge in [-0.25, -0.2) is 4.79 Å². The van der Waals surface area contributed by atoms with Crippen molar-refractivity contribution in [2.75, 3.05) is 0 Å². The minimum atomic E-state index is -1.63. The number of hydrogen-bond donors (Lipinski definition) is 2. The summed E-state index contributed by atoms with van der Waals surface area (Å²) < 4.78 is 0. The summed E-state index contributed by atoms with van der Waals surface area (Å²) in [5, 5.41) is 8.56. The highest BCUT2D eigenvalue weighted by atomic mass is 35.5. The topological polar surface area (TPSA) is 76.2 Å². The first kappa shape index (κ1) is 12.9. The summed E-state index contributed by atoms with van der Waals surface area (Å²) in [5.41, 5.74) is 4.56. The molecular formula is C11H15ClN2O2. The average molecular weight is 243 g/mol. The van der Waals surface area contributed by atoms with Crippen molar-refractivity contribution in [3.63, 3.8) is 0 Å². The molecule has 3 N–H and O–H groups in total. The van der Waals surface area contributed by atoms with Crippen molar-refractivity contribution in [1.82, 2.24) is 4.98 Å². The van der Waals surface area contributed by atoms with E-state index in [2.05, 4.69) is 4.98 Å². The second kappa shape index (κ2) is 5.27. The Balaban J connectivity index is 3.12. The maximum absolute atomic E-state index is 11.3. The van der Waals surface area contributed by atoms with Crippen molar-refractivity contribution >= 4 is 17.6 Å². The molecule has 5 heteroatoms. The van der Waals surface area contributed by atoms with Crippen molar-refractivity contribution in [3.8, 4) is 0 Å². The summed E-state index contributed by atoms with van der Waals surface area (Å²) >= 11 is 6.07.